The fourth-order valence-electron chi connectivity index (χ4n) is 1.55. The number of halogens is 2. The third-order valence-corrected chi connectivity index (χ3v) is 2.88. The fourth-order valence-corrected chi connectivity index (χ4v) is 1.72. The highest BCUT2D eigenvalue weighted by molar-refractivity contribution is 6.30. The van der Waals surface area contributed by atoms with Gasteiger partial charge in [0.25, 0.3) is 0 Å². The SMILES string of the molecule is CC(C)(C)NCc1cncc(Oc2cccc(Cl)c2F)n1. The van der Waals surface area contributed by atoms with Crippen molar-refractivity contribution in [2.24, 2.45) is 0 Å². The second-order valence-electron chi connectivity index (χ2n) is 5.61. The number of ether oxygens (including phenoxy) is 1. The predicted octanol–water partition coefficient (Wildman–Crippen LogP) is 3.95. The zero-order valence-corrected chi connectivity index (χ0v) is 12.9. The van der Waals surface area contributed by atoms with Gasteiger partial charge in [0.2, 0.25) is 5.88 Å². The molecule has 0 fully saturated rings. The van der Waals surface area contributed by atoms with E-state index in [9.17, 15) is 4.39 Å². The molecule has 2 aromatic rings. The molecule has 0 aliphatic carbocycles. The first-order chi connectivity index (χ1) is 9.85. The lowest BCUT2D eigenvalue weighted by Gasteiger charge is -2.20. The molecular weight excluding hydrogens is 293 g/mol. The van der Waals surface area contributed by atoms with Gasteiger partial charge in [0.15, 0.2) is 11.6 Å². The Bertz CT molecular complexity index is 629. The summed E-state index contributed by atoms with van der Waals surface area (Å²) in [5.74, 6) is -0.360. The summed E-state index contributed by atoms with van der Waals surface area (Å²) in [6.07, 6.45) is 3.07. The highest BCUT2D eigenvalue weighted by atomic mass is 35.5. The van der Waals surface area contributed by atoms with Crippen LogP contribution in [0.25, 0.3) is 0 Å². The van der Waals surface area contributed by atoms with Crippen molar-refractivity contribution in [1.29, 1.82) is 0 Å². The molecule has 0 aliphatic rings. The third kappa shape index (κ3) is 4.65. The number of rotatable bonds is 4. The van der Waals surface area contributed by atoms with E-state index in [0.29, 0.717) is 12.2 Å². The van der Waals surface area contributed by atoms with Gasteiger partial charge in [-0.05, 0) is 32.9 Å². The van der Waals surface area contributed by atoms with E-state index in [1.54, 1.807) is 12.3 Å². The van der Waals surface area contributed by atoms with E-state index in [-0.39, 0.29) is 22.2 Å². The normalized spacial score (nSPS) is 11.5. The first-order valence-corrected chi connectivity index (χ1v) is 6.91. The van der Waals surface area contributed by atoms with Crippen LogP contribution in [-0.2, 0) is 6.54 Å². The van der Waals surface area contributed by atoms with Crippen molar-refractivity contribution >= 4 is 11.6 Å². The molecule has 4 nitrogen and oxygen atoms in total. The van der Waals surface area contributed by atoms with Gasteiger partial charge in [-0.15, -0.1) is 0 Å². The average molecular weight is 310 g/mol. The van der Waals surface area contributed by atoms with Crippen molar-refractivity contribution in [1.82, 2.24) is 15.3 Å². The van der Waals surface area contributed by atoms with Gasteiger partial charge in [0.05, 0.1) is 16.9 Å². The van der Waals surface area contributed by atoms with Gasteiger partial charge in [-0.2, -0.15) is 0 Å². The van der Waals surface area contributed by atoms with E-state index in [0.717, 1.165) is 0 Å². The van der Waals surface area contributed by atoms with E-state index < -0.39 is 5.82 Å². The topological polar surface area (TPSA) is 47.0 Å². The molecule has 0 saturated carbocycles. The largest absolute Gasteiger partial charge is 0.434 e. The minimum Gasteiger partial charge on any atom is -0.434 e. The molecule has 2 rings (SSSR count). The molecule has 0 unspecified atom stereocenters. The molecular formula is C15H17ClFN3O. The summed E-state index contributed by atoms with van der Waals surface area (Å²) in [6, 6.07) is 4.56. The molecule has 6 heteroatoms. The third-order valence-electron chi connectivity index (χ3n) is 2.59. The molecule has 0 radical (unpaired) electrons. The summed E-state index contributed by atoms with van der Waals surface area (Å²) in [6.45, 7) is 6.72. The molecule has 1 heterocycles. The molecule has 1 N–H and O–H groups in total. The van der Waals surface area contributed by atoms with Crippen molar-refractivity contribution < 1.29 is 9.13 Å². The van der Waals surface area contributed by atoms with Crippen molar-refractivity contribution in [3.63, 3.8) is 0 Å². The summed E-state index contributed by atoms with van der Waals surface area (Å²) in [7, 11) is 0. The monoisotopic (exact) mass is 309 g/mol. The maximum atomic E-state index is 13.8. The van der Waals surface area contributed by atoms with Crippen LogP contribution in [0.1, 0.15) is 26.5 Å². The number of hydrogen-bond acceptors (Lipinski definition) is 4. The summed E-state index contributed by atoms with van der Waals surface area (Å²) in [4.78, 5) is 8.34. The lowest BCUT2D eigenvalue weighted by molar-refractivity contribution is 0.407. The van der Waals surface area contributed by atoms with Gasteiger partial charge >= 0.3 is 0 Å². The Morgan fingerprint density at radius 1 is 1.29 bits per heavy atom. The predicted molar refractivity (Wildman–Crippen MR) is 80.1 cm³/mol. The Balaban J connectivity index is 2.12. The Labute approximate surface area is 128 Å². The molecule has 21 heavy (non-hydrogen) atoms. The fraction of sp³-hybridized carbons (Fsp3) is 0.333. The maximum absolute atomic E-state index is 13.8. The minimum atomic E-state index is -0.612. The van der Waals surface area contributed by atoms with Gasteiger partial charge < -0.3 is 10.1 Å². The summed E-state index contributed by atoms with van der Waals surface area (Å²) >= 11 is 5.71. The smallest absolute Gasteiger partial charge is 0.238 e. The van der Waals surface area contributed by atoms with Gasteiger partial charge in [0, 0.05) is 18.3 Å². The molecule has 0 saturated heterocycles. The standard InChI is InChI=1S/C15H17ClFN3O/c1-15(2,3)19-8-10-7-18-9-13(20-10)21-12-6-4-5-11(16)14(12)17/h4-7,9,19H,8H2,1-3H3. The molecule has 0 spiro atoms. The molecule has 112 valence electrons. The lowest BCUT2D eigenvalue weighted by Crippen LogP contribution is -2.35. The van der Waals surface area contributed by atoms with E-state index in [1.807, 2.05) is 0 Å². The first-order valence-electron chi connectivity index (χ1n) is 6.53. The van der Waals surface area contributed by atoms with Crippen LogP contribution < -0.4 is 10.1 Å². The molecule has 0 bridgehead atoms. The van der Waals surface area contributed by atoms with Crippen LogP contribution in [0.4, 0.5) is 4.39 Å². The van der Waals surface area contributed by atoms with Gasteiger partial charge in [-0.1, -0.05) is 17.7 Å². The summed E-state index contributed by atoms with van der Waals surface area (Å²) in [5, 5.41) is 3.30. The van der Waals surface area contributed by atoms with Crippen LogP contribution in [0, 0.1) is 5.82 Å². The Hall–Kier alpha value is -1.72. The number of aromatic nitrogens is 2. The second kappa shape index (κ2) is 6.37. The Morgan fingerprint density at radius 3 is 2.76 bits per heavy atom. The van der Waals surface area contributed by atoms with Crippen LogP contribution >= 0.6 is 11.6 Å². The zero-order valence-electron chi connectivity index (χ0n) is 12.2. The van der Waals surface area contributed by atoms with E-state index in [4.69, 9.17) is 16.3 Å². The van der Waals surface area contributed by atoms with Crippen molar-refractivity contribution in [3.8, 4) is 11.6 Å². The lowest BCUT2D eigenvalue weighted by atomic mass is 10.1. The molecule has 0 aliphatic heterocycles. The first kappa shape index (κ1) is 15.7. The van der Waals surface area contributed by atoms with Crippen LogP contribution in [0.3, 0.4) is 0 Å². The second-order valence-corrected chi connectivity index (χ2v) is 6.01. The number of hydrogen-bond donors (Lipinski definition) is 1. The van der Waals surface area contributed by atoms with E-state index in [2.05, 4.69) is 36.1 Å². The van der Waals surface area contributed by atoms with Crippen molar-refractivity contribution in [2.75, 3.05) is 0 Å². The summed E-state index contributed by atoms with van der Waals surface area (Å²) in [5.41, 5.74) is 0.683. The molecule has 0 atom stereocenters. The minimum absolute atomic E-state index is 0.00557. The number of nitrogens with zero attached hydrogens (tertiary/aromatic N) is 2. The molecule has 1 aromatic heterocycles. The maximum Gasteiger partial charge on any atom is 0.238 e. The highest BCUT2D eigenvalue weighted by Crippen LogP contribution is 2.27. The van der Waals surface area contributed by atoms with Crippen molar-refractivity contribution in [2.45, 2.75) is 32.9 Å². The molecule has 1 aromatic carbocycles. The summed E-state index contributed by atoms with van der Waals surface area (Å²) < 4.78 is 19.2. The zero-order chi connectivity index (χ0) is 15.5. The Kier molecular flexibility index (Phi) is 4.75. The van der Waals surface area contributed by atoms with Gasteiger partial charge in [-0.3, -0.25) is 4.98 Å². The van der Waals surface area contributed by atoms with Crippen LogP contribution in [-0.4, -0.2) is 15.5 Å². The highest BCUT2D eigenvalue weighted by Gasteiger charge is 2.11. The van der Waals surface area contributed by atoms with Gasteiger partial charge in [0.1, 0.15) is 0 Å². The quantitative estimate of drug-likeness (QED) is 0.929. The molecule has 0 amide bonds. The number of nitrogens with one attached hydrogen (secondary N) is 1. The van der Waals surface area contributed by atoms with E-state index in [1.165, 1.54) is 18.3 Å². The Morgan fingerprint density at radius 2 is 2.05 bits per heavy atom. The van der Waals surface area contributed by atoms with Crippen molar-refractivity contribution in [3.05, 3.63) is 47.1 Å². The van der Waals surface area contributed by atoms with Gasteiger partial charge in [-0.25, -0.2) is 9.37 Å². The average Bonchev–Trinajstić information content (AvgIpc) is 2.41. The van der Waals surface area contributed by atoms with Crippen LogP contribution in [0.15, 0.2) is 30.6 Å². The van der Waals surface area contributed by atoms with E-state index >= 15 is 0 Å². The van der Waals surface area contributed by atoms with Crippen LogP contribution in [0.2, 0.25) is 5.02 Å². The number of benzene rings is 1. The van der Waals surface area contributed by atoms with Crippen LogP contribution in [0.5, 0.6) is 11.6 Å².